The molecule has 0 saturated carbocycles. The Labute approximate surface area is 189 Å². The molecule has 0 unspecified atom stereocenters. The standard InChI is InChI=1S/C27H44O4/c1-3-5-7-9-11-12-13-15-17-21-31-27(30)24-20-19-23(22-25(24)26(28)29)18-16-14-10-8-6-4-2/h19-20,22H,3-18,21H2,1-2H3,(H,28,29). The number of carboxylic acid groups (broad SMARTS) is 1. The van der Waals surface area contributed by atoms with Gasteiger partial charge in [-0.3, -0.25) is 0 Å². The number of unbranched alkanes of at least 4 members (excludes halogenated alkanes) is 13. The maximum absolute atomic E-state index is 12.4. The van der Waals surface area contributed by atoms with Crippen molar-refractivity contribution in [2.75, 3.05) is 6.61 Å². The van der Waals surface area contributed by atoms with E-state index >= 15 is 0 Å². The SMILES string of the molecule is CCCCCCCCCCCOC(=O)c1ccc(CCCCCCCC)cc1C(=O)O. The molecule has 1 N–H and O–H groups in total. The number of hydrogen-bond acceptors (Lipinski definition) is 3. The molecule has 0 heterocycles. The van der Waals surface area contributed by atoms with Crippen LogP contribution >= 0.6 is 0 Å². The van der Waals surface area contributed by atoms with E-state index in [0.29, 0.717) is 6.61 Å². The highest BCUT2D eigenvalue weighted by molar-refractivity contribution is 6.02. The zero-order valence-corrected chi connectivity index (χ0v) is 19.9. The molecule has 0 aliphatic rings. The lowest BCUT2D eigenvalue weighted by Gasteiger charge is -2.10. The molecule has 0 aliphatic heterocycles. The molecule has 0 atom stereocenters. The Morgan fingerprint density at radius 1 is 0.710 bits per heavy atom. The van der Waals surface area contributed by atoms with E-state index in [1.54, 1.807) is 12.1 Å². The van der Waals surface area contributed by atoms with Crippen molar-refractivity contribution >= 4 is 11.9 Å². The number of benzene rings is 1. The van der Waals surface area contributed by atoms with Gasteiger partial charge in [0, 0.05) is 0 Å². The Bertz CT molecular complexity index is 624. The molecule has 1 rings (SSSR count). The molecule has 0 spiro atoms. The fraction of sp³-hybridized carbons (Fsp3) is 0.704. The van der Waals surface area contributed by atoms with Gasteiger partial charge >= 0.3 is 11.9 Å². The smallest absolute Gasteiger partial charge is 0.339 e. The zero-order chi connectivity index (χ0) is 22.7. The molecule has 1 aromatic carbocycles. The minimum atomic E-state index is -1.07. The van der Waals surface area contributed by atoms with Crippen LogP contribution in [0.3, 0.4) is 0 Å². The molecule has 0 amide bonds. The lowest BCUT2D eigenvalue weighted by atomic mass is 9.99. The molecule has 0 aromatic heterocycles. The Kier molecular flexibility index (Phi) is 15.6. The van der Waals surface area contributed by atoms with Gasteiger partial charge in [-0.05, 0) is 37.0 Å². The van der Waals surface area contributed by atoms with Gasteiger partial charge in [-0.25, -0.2) is 9.59 Å². The largest absolute Gasteiger partial charge is 0.478 e. The summed E-state index contributed by atoms with van der Waals surface area (Å²) in [5.74, 6) is -1.59. The number of rotatable bonds is 19. The molecule has 0 bridgehead atoms. The Morgan fingerprint density at radius 3 is 1.77 bits per heavy atom. The van der Waals surface area contributed by atoms with Gasteiger partial charge in [0.2, 0.25) is 0 Å². The predicted octanol–water partition coefficient (Wildman–Crippen LogP) is 7.98. The topological polar surface area (TPSA) is 63.6 Å². The van der Waals surface area contributed by atoms with Gasteiger partial charge in [0.25, 0.3) is 0 Å². The van der Waals surface area contributed by atoms with Gasteiger partial charge in [-0.1, -0.05) is 103 Å². The number of aromatic carboxylic acids is 1. The monoisotopic (exact) mass is 432 g/mol. The number of ether oxygens (including phenoxy) is 1. The van der Waals surface area contributed by atoms with Gasteiger partial charge in [0.15, 0.2) is 0 Å². The van der Waals surface area contributed by atoms with Crippen LogP contribution < -0.4 is 0 Å². The molecule has 1 aromatic rings. The van der Waals surface area contributed by atoms with Crippen molar-refractivity contribution in [3.8, 4) is 0 Å². The Hall–Kier alpha value is -1.84. The number of carbonyl (C=O) groups is 2. The number of hydrogen-bond donors (Lipinski definition) is 1. The minimum absolute atomic E-state index is 0.0561. The highest BCUT2D eigenvalue weighted by Crippen LogP contribution is 2.17. The summed E-state index contributed by atoms with van der Waals surface area (Å²) in [7, 11) is 0. The predicted molar refractivity (Wildman–Crippen MR) is 128 cm³/mol. The van der Waals surface area contributed by atoms with E-state index < -0.39 is 11.9 Å². The van der Waals surface area contributed by atoms with E-state index in [2.05, 4.69) is 13.8 Å². The molecule has 4 nitrogen and oxygen atoms in total. The van der Waals surface area contributed by atoms with Crippen molar-refractivity contribution in [1.82, 2.24) is 0 Å². The van der Waals surface area contributed by atoms with Crippen molar-refractivity contribution in [1.29, 1.82) is 0 Å². The maximum atomic E-state index is 12.4. The highest BCUT2D eigenvalue weighted by atomic mass is 16.5. The summed E-state index contributed by atoms with van der Waals surface area (Å²) in [4.78, 5) is 24.1. The molecule has 31 heavy (non-hydrogen) atoms. The summed E-state index contributed by atoms with van der Waals surface area (Å²) in [6.45, 7) is 4.79. The van der Waals surface area contributed by atoms with E-state index in [0.717, 1.165) is 44.1 Å². The molecular formula is C27H44O4. The fourth-order valence-corrected chi connectivity index (χ4v) is 3.87. The van der Waals surface area contributed by atoms with Crippen molar-refractivity contribution in [3.05, 3.63) is 34.9 Å². The van der Waals surface area contributed by atoms with Gasteiger partial charge in [-0.2, -0.15) is 0 Å². The number of carbonyl (C=O) groups excluding carboxylic acids is 1. The van der Waals surface area contributed by atoms with Crippen molar-refractivity contribution in [2.45, 2.75) is 117 Å². The van der Waals surface area contributed by atoms with Gasteiger partial charge in [-0.15, -0.1) is 0 Å². The first kappa shape index (κ1) is 27.2. The van der Waals surface area contributed by atoms with Crippen molar-refractivity contribution < 1.29 is 19.4 Å². The van der Waals surface area contributed by atoms with Crippen LogP contribution in [-0.4, -0.2) is 23.7 Å². The normalized spacial score (nSPS) is 10.9. The molecule has 0 aliphatic carbocycles. The lowest BCUT2D eigenvalue weighted by Crippen LogP contribution is -2.13. The van der Waals surface area contributed by atoms with Crippen LogP contribution in [0.2, 0.25) is 0 Å². The second-order valence-corrected chi connectivity index (χ2v) is 8.67. The van der Waals surface area contributed by atoms with Crippen LogP contribution in [0.1, 0.15) is 136 Å². The number of aryl methyl sites for hydroxylation is 1. The molecule has 4 heteroatoms. The average Bonchev–Trinajstić information content (AvgIpc) is 2.77. The van der Waals surface area contributed by atoms with E-state index in [-0.39, 0.29) is 11.1 Å². The van der Waals surface area contributed by atoms with E-state index in [4.69, 9.17) is 4.74 Å². The molecule has 176 valence electrons. The van der Waals surface area contributed by atoms with E-state index in [1.165, 1.54) is 64.2 Å². The third kappa shape index (κ3) is 12.6. The Morgan fingerprint density at radius 2 is 1.23 bits per heavy atom. The molecule has 0 saturated heterocycles. The summed E-state index contributed by atoms with van der Waals surface area (Å²) >= 11 is 0. The Balaban J connectivity index is 2.34. The van der Waals surface area contributed by atoms with Crippen LogP contribution in [0.4, 0.5) is 0 Å². The van der Waals surface area contributed by atoms with Crippen LogP contribution in [0.25, 0.3) is 0 Å². The quantitative estimate of drug-likeness (QED) is 0.178. The summed E-state index contributed by atoms with van der Waals surface area (Å²) in [6.07, 6.45) is 18.9. The second kappa shape index (κ2) is 17.8. The number of carboxylic acids is 1. The first-order valence-corrected chi connectivity index (χ1v) is 12.6. The molecule has 0 radical (unpaired) electrons. The second-order valence-electron chi connectivity index (χ2n) is 8.67. The van der Waals surface area contributed by atoms with Gasteiger partial charge < -0.3 is 9.84 Å². The van der Waals surface area contributed by atoms with Crippen LogP contribution in [0.15, 0.2) is 18.2 Å². The summed E-state index contributed by atoms with van der Waals surface area (Å²) in [5, 5.41) is 9.55. The van der Waals surface area contributed by atoms with Gasteiger partial charge in [0.1, 0.15) is 0 Å². The minimum Gasteiger partial charge on any atom is -0.478 e. The van der Waals surface area contributed by atoms with Crippen molar-refractivity contribution in [2.24, 2.45) is 0 Å². The van der Waals surface area contributed by atoms with Crippen LogP contribution in [0, 0.1) is 0 Å². The third-order valence-corrected chi connectivity index (χ3v) is 5.83. The van der Waals surface area contributed by atoms with Crippen LogP contribution in [-0.2, 0) is 11.2 Å². The lowest BCUT2D eigenvalue weighted by molar-refractivity contribution is 0.0487. The fourth-order valence-electron chi connectivity index (χ4n) is 3.87. The summed E-state index contributed by atoms with van der Waals surface area (Å²) < 4.78 is 5.35. The third-order valence-electron chi connectivity index (χ3n) is 5.83. The summed E-state index contributed by atoms with van der Waals surface area (Å²) in [6, 6.07) is 5.13. The zero-order valence-electron chi connectivity index (χ0n) is 19.9. The first-order valence-electron chi connectivity index (χ1n) is 12.6. The van der Waals surface area contributed by atoms with Crippen molar-refractivity contribution in [3.63, 3.8) is 0 Å². The summed E-state index contributed by atoms with van der Waals surface area (Å²) in [5.41, 5.74) is 1.19. The van der Waals surface area contributed by atoms with Gasteiger partial charge in [0.05, 0.1) is 17.7 Å². The van der Waals surface area contributed by atoms with Crippen LogP contribution in [0.5, 0.6) is 0 Å². The molecule has 0 fully saturated rings. The van der Waals surface area contributed by atoms with E-state index in [1.807, 2.05) is 6.07 Å². The molecular weight excluding hydrogens is 388 g/mol. The van der Waals surface area contributed by atoms with E-state index in [9.17, 15) is 14.7 Å². The maximum Gasteiger partial charge on any atom is 0.339 e. The number of esters is 1. The first-order chi connectivity index (χ1) is 15.1. The highest BCUT2D eigenvalue weighted by Gasteiger charge is 2.18. The average molecular weight is 433 g/mol.